The Hall–Kier alpha value is -2.66. The normalized spacial score (nSPS) is 10.2. The zero-order valence-electron chi connectivity index (χ0n) is 13.3. The Morgan fingerprint density at radius 1 is 1.04 bits per heavy atom. The van der Waals surface area contributed by atoms with Gasteiger partial charge in [-0.2, -0.15) is 0 Å². The van der Waals surface area contributed by atoms with E-state index in [0.29, 0.717) is 18.7 Å². The van der Waals surface area contributed by atoms with Gasteiger partial charge in [-0.1, -0.05) is 24.3 Å². The van der Waals surface area contributed by atoms with E-state index >= 15 is 0 Å². The number of ether oxygens (including phenoxy) is 1. The average Bonchev–Trinajstić information content (AvgIpc) is 2.54. The predicted molar refractivity (Wildman–Crippen MR) is 89.1 cm³/mol. The minimum Gasteiger partial charge on any atom is -0.380 e. The van der Waals surface area contributed by atoms with Crippen LogP contribution in [0.25, 0.3) is 0 Å². The molecule has 120 valence electrons. The van der Waals surface area contributed by atoms with Gasteiger partial charge in [-0.3, -0.25) is 9.59 Å². The highest BCUT2D eigenvalue weighted by atomic mass is 16.5. The molecule has 0 aliphatic heterocycles. The summed E-state index contributed by atoms with van der Waals surface area (Å²) in [6, 6.07) is 14.7. The summed E-state index contributed by atoms with van der Waals surface area (Å²) in [5, 5.41) is 5.58. The molecule has 0 spiro atoms. The van der Waals surface area contributed by atoms with E-state index in [1.807, 2.05) is 42.5 Å². The SMILES string of the molecule is COCc1cccc(C(=O)NCc2ccc(NC(C)=O)cc2)c1. The largest absolute Gasteiger partial charge is 0.380 e. The van der Waals surface area contributed by atoms with Crippen molar-refractivity contribution in [3.8, 4) is 0 Å². The van der Waals surface area contributed by atoms with Gasteiger partial charge in [0, 0.05) is 31.8 Å². The van der Waals surface area contributed by atoms with E-state index in [2.05, 4.69) is 10.6 Å². The topological polar surface area (TPSA) is 67.4 Å². The smallest absolute Gasteiger partial charge is 0.251 e. The summed E-state index contributed by atoms with van der Waals surface area (Å²) < 4.78 is 5.07. The van der Waals surface area contributed by atoms with Crippen molar-refractivity contribution in [3.05, 3.63) is 65.2 Å². The second-order valence-electron chi connectivity index (χ2n) is 5.19. The van der Waals surface area contributed by atoms with Crippen molar-refractivity contribution in [1.29, 1.82) is 0 Å². The maximum atomic E-state index is 12.2. The first-order valence-electron chi connectivity index (χ1n) is 7.31. The molecule has 0 bridgehead atoms. The molecule has 2 N–H and O–H groups in total. The van der Waals surface area contributed by atoms with Crippen molar-refractivity contribution < 1.29 is 14.3 Å². The highest BCUT2D eigenvalue weighted by molar-refractivity contribution is 5.94. The van der Waals surface area contributed by atoms with Crippen LogP contribution in [-0.4, -0.2) is 18.9 Å². The van der Waals surface area contributed by atoms with Crippen LogP contribution in [0.3, 0.4) is 0 Å². The fourth-order valence-electron chi connectivity index (χ4n) is 2.16. The molecule has 0 unspecified atom stereocenters. The molecule has 0 radical (unpaired) electrons. The van der Waals surface area contributed by atoms with Crippen molar-refractivity contribution in [2.24, 2.45) is 0 Å². The van der Waals surface area contributed by atoms with Crippen molar-refractivity contribution >= 4 is 17.5 Å². The molecule has 0 saturated heterocycles. The molecule has 0 heterocycles. The third-order valence-electron chi connectivity index (χ3n) is 3.23. The first-order chi connectivity index (χ1) is 11.1. The van der Waals surface area contributed by atoms with E-state index in [0.717, 1.165) is 16.8 Å². The maximum Gasteiger partial charge on any atom is 0.251 e. The first kappa shape index (κ1) is 16.7. The first-order valence-corrected chi connectivity index (χ1v) is 7.31. The monoisotopic (exact) mass is 312 g/mol. The molecule has 2 aromatic rings. The Labute approximate surface area is 135 Å². The molecule has 0 aliphatic rings. The maximum absolute atomic E-state index is 12.2. The van der Waals surface area contributed by atoms with Crippen LogP contribution in [0.4, 0.5) is 5.69 Å². The van der Waals surface area contributed by atoms with Gasteiger partial charge in [-0.15, -0.1) is 0 Å². The van der Waals surface area contributed by atoms with Crippen LogP contribution in [0.2, 0.25) is 0 Å². The number of carbonyl (C=O) groups is 2. The number of benzene rings is 2. The fraction of sp³-hybridized carbons (Fsp3) is 0.222. The molecule has 0 atom stereocenters. The summed E-state index contributed by atoms with van der Waals surface area (Å²) in [5.74, 6) is -0.240. The Morgan fingerprint density at radius 3 is 2.43 bits per heavy atom. The summed E-state index contributed by atoms with van der Waals surface area (Å²) in [6.45, 7) is 2.37. The molecule has 0 aromatic heterocycles. The number of rotatable bonds is 6. The van der Waals surface area contributed by atoms with E-state index in [1.165, 1.54) is 6.92 Å². The summed E-state index contributed by atoms with van der Waals surface area (Å²) in [7, 11) is 1.62. The Balaban J connectivity index is 1.93. The van der Waals surface area contributed by atoms with E-state index in [9.17, 15) is 9.59 Å². The van der Waals surface area contributed by atoms with Crippen LogP contribution in [0.1, 0.15) is 28.4 Å². The molecule has 5 nitrogen and oxygen atoms in total. The molecule has 0 fully saturated rings. The van der Waals surface area contributed by atoms with Crippen LogP contribution < -0.4 is 10.6 Å². The second kappa shape index (κ2) is 8.10. The number of methoxy groups -OCH3 is 1. The molecular weight excluding hydrogens is 292 g/mol. The number of anilines is 1. The quantitative estimate of drug-likeness (QED) is 0.862. The highest BCUT2D eigenvalue weighted by Crippen LogP contribution is 2.10. The molecule has 2 aromatic carbocycles. The van der Waals surface area contributed by atoms with Gasteiger partial charge in [0.15, 0.2) is 0 Å². The Morgan fingerprint density at radius 2 is 1.78 bits per heavy atom. The average molecular weight is 312 g/mol. The van der Waals surface area contributed by atoms with Crippen LogP contribution in [-0.2, 0) is 22.7 Å². The lowest BCUT2D eigenvalue weighted by molar-refractivity contribution is -0.114. The van der Waals surface area contributed by atoms with E-state index < -0.39 is 0 Å². The number of hydrogen-bond donors (Lipinski definition) is 2. The van der Waals surface area contributed by atoms with Crippen LogP contribution in [0, 0.1) is 0 Å². The third-order valence-corrected chi connectivity index (χ3v) is 3.23. The zero-order chi connectivity index (χ0) is 16.7. The lowest BCUT2D eigenvalue weighted by atomic mass is 10.1. The molecule has 2 amide bonds. The van der Waals surface area contributed by atoms with Crippen molar-refractivity contribution in [2.45, 2.75) is 20.1 Å². The lowest BCUT2D eigenvalue weighted by Crippen LogP contribution is -2.22. The number of amides is 2. The summed E-state index contributed by atoms with van der Waals surface area (Å²) in [5.41, 5.74) is 3.26. The minimum atomic E-state index is -0.131. The van der Waals surface area contributed by atoms with E-state index in [1.54, 1.807) is 13.2 Å². The molecular formula is C18H20N2O3. The lowest BCUT2D eigenvalue weighted by Gasteiger charge is -2.08. The van der Waals surface area contributed by atoms with Crippen molar-refractivity contribution in [2.75, 3.05) is 12.4 Å². The standard InChI is InChI=1S/C18H20N2O3/c1-13(21)20-17-8-6-14(7-9-17)11-19-18(22)16-5-3-4-15(10-16)12-23-2/h3-10H,11-12H2,1-2H3,(H,19,22)(H,20,21). The number of nitrogens with one attached hydrogen (secondary N) is 2. The summed E-state index contributed by atoms with van der Waals surface area (Å²) in [6.07, 6.45) is 0. The van der Waals surface area contributed by atoms with Gasteiger partial charge in [-0.05, 0) is 35.4 Å². The van der Waals surface area contributed by atoms with Crippen LogP contribution in [0.5, 0.6) is 0 Å². The van der Waals surface area contributed by atoms with Crippen molar-refractivity contribution in [3.63, 3.8) is 0 Å². The zero-order valence-corrected chi connectivity index (χ0v) is 13.3. The number of hydrogen-bond acceptors (Lipinski definition) is 3. The predicted octanol–water partition coefficient (Wildman–Crippen LogP) is 2.72. The van der Waals surface area contributed by atoms with E-state index in [4.69, 9.17) is 4.74 Å². The van der Waals surface area contributed by atoms with Crippen molar-refractivity contribution in [1.82, 2.24) is 5.32 Å². The van der Waals surface area contributed by atoms with Gasteiger partial charge >= 0.3 is 0 Å². The third kappa shape index (κ3) is 5.23. The Kier molecular flexibility index (Phi) is 5.88. The van der Waals surface area contributed by atoms with Gasteiger partial charge in [0.2, 0.25) is 5.91 Å². The fourth-order valence-corrected chi connectivity index (χ4v) is 2.16. The van der Waals surface area contributed by atoms with Gasteiger partial charge in [-0.25, -0.2) is 0 Å². The minimum absolute atomic E-state index is 0.109. The summed E-state index contributed by atoms with van der Waals surface area (Å²) >= 11 is 0. The Bertz CT molecular complexity index is 681. The van der Waals surface area contributed by atoms with Gasteiger partial charge < -0.3 is 15.4 Å². The second-order valence-corrected chi connectivity index (χ2v) is 5.19. The molecule has 2 rings (SSSR count). The molecule has 0 aliphatic carbocycles. The van der Waals surface area contributed by atoms with Crippen LogP contribution in [0.15, 0.2) is 48.5 Å². The van der Waals surface area contributed by atoms with E-state index in [-0.39, 0.29) is 11.8 Å². The number of carbonyl (C=O) groups excluding carboxylic acids is 2. The van der Waals surface area contributed by atoms with Crippen LogP contribution >= 0.6 is 0 Å². The van der Waals surface area contributed by atoms with Gasteiger partial charge in [0.1, 0.15) is 0 Å². The molecule has 0 saturated carbocycles. The molecule has 23 heavy (non-hydrogen) atoms. The summed E-state index contributed by atoms with van der Waals surface area (Å²) in [4.78, 5) is 23.1. The highest BCUT2D eigenvalue weighted by Gasteiger charge is 2.06. The molecule has 5 heteroatoms. The van der Waals surface area contributed by atoms with Gasteiger partial charge in [0.25, 0.3) is 5.91 Å². The van der Waals surface area contributed by atoms with Gasteiger partial charge in [0.05, 0.1) is 6.61 Å².